The van der Waals surface area contributed by atoms with Crippen LogP contribution in [0, 0.1) is 5.92 Å². The van der Waals surface area contributed by atoms with Gasteiger partial charge < -0.3 is 5.32 Å². The third-order valence-electron chi connectivity index (χ3n) is 5.70. The Bertz CT molecular complexity index is 781. The Morgan fingerprint density at radius 1 is 1.21 bits per heavy atom. The summed E-state index contributed by atoms with van der Waals surface area (Å²) in [5.41, 5.74) is 2.85. The van der Waals surface area contributed by atoms with E-state index in [1.54, 1.807) is 0 Å². The van der Waals surface area contributed by atoms with Crippen LogP contribution in [0.3, 0.4) is 0 Å². The van der Waals surface area contributed by atoms with Gasteiger partial charge in [0.2, 0.25) is 5.91 Å². The van der Waals surface area contributed by atoms with Gasteiger partial charge in [0.05, 0.1) is 5.92 Å². The second kappa shape index (κ2) is 9.35. The zero-order chi connectivity index (χ0) is 20.1. The molecule has 3 rings (SSSR count). The van der Waals surface area contributed by atoms with Gasteiger partial charge in [-0.1, -0.05) is 24.3 Å². The molecule has 0 aromatic heterocycles. The van der Waals surface area contributed by atoms with E-state index in [9.17, 15) is 13.2 Å². The van der Waals surface area contributed by atoms with Crippen molar-refractivity contribution in [1.82, 2.24) is 18.8 Å². The second-order valence-corrected chi connectivity index (χ2v) is 10.1. The summed E-state index contributed by atoms with van der Waals surface area (Å²) in [4.78, 5) is 14.9. The van der Waals surface area contributed by atoms with Crippen LogP contribution in [0.25, 0.3) is 0 Å². The van der Waals surface area contributed by atoms with Gasteiger partial charge in [-0.25, -0.2) is 0 Å². The number of benzene rings is 1. The Morgan fingerprint density at radius 2 is 1.96 bits per heavy atom. The first kappa shape index (κ1) is 21.2. The summed E-state index contributed by atoms with van der Waals surface area (Å²) in [6, 6.07) is 8.59. The number of hydrogen-bond acceptors (Lipinski definition) is 4. The van der Waals surface area contributed by atoms with E-state index in [0.717, 1.165) is 45.3 Å². The fraction of sp³-hybridized carbons (Fsp3) is 0.650. The molecule has 2 aliphatic heterocycles. The lowest BCUT2D eigenvalue weighted by atomic mass is 9.99. The van der Waals surface area contributed by atoms with E-state index in [-0.39, 0.29) is 18.4 Å². The summed E-state index contributed by atoms with van der Waals surface area (Å²) in [5, 5.41) is 3.01. The molecule has 0 saturated carbocycles. The van der Waals surface area contributed by atoms with E-state index in [2.05, 4.69) is 34.5 Å². The average molecular weight is 409 g/mol. The lowest BCUT2D eigenvalue weighted by Crippen LogP contribution is -2.49. The summed E-state index contributed by atoms with van der Waals surface area (Å²) in [6.45, 7) is 4.39. The van der Waals surface area contributed by atoms with Gasteiger partial charge in [-0.3, -0.25) is 9.69 Å². The van der Waals surface area contributed by atoms with Gasteiger partial charge in [-0.2, -0.15) is 17.0 Å². The molecular weight excluding hydrogens is 376 g/mol. The molecule has 1 aromatic carbocycles. The monoisotopic (exact) mass is 408 g/mol. The number of amides is 1. The number of carbonyl (C=O) groups excluding carboxylic acids is 1. The molecule has 0 bridgehead atoms. The van der Waals surface area contributed by atoms with E-state index in [1.165, 1.54) is 33.8 Å². The largest absolute Gasteiger partial charge is 0.356 e. The van der Waals surface area contributed by atoms with Crippen molar-refractivity contribution in [3.05, 3.63) is 35.4 Å². The Labute approximate surface area is 168 Å². The summed E-state index contributed by atoms with van der Waals surface area (Å²) in [5.74, 6) is -0.284. The normalized spacial score (nSPS) is 21.5. The van der Waals surface area contributed by atoms with Crippen LogP contribution in [-0.4, -0.2) is 74.7 Å². The van der Waals surface area contributed by atoms with E-state index >= 15 is 0 Å². The number of rotatable bonds is 7. The van der Waals surface area contributed by atoms with Gasteiger partial charge in [-0.15, -0.1) is 0 Å². The molecule has 1 amide bonds. The molecule has 2 heterocycles. The number of nitrogens with zero attached hydrogens (tertiary/aromatic N) is 3. The highest BCUT2D eigenvalue weighted by molar-refractivity contribution is 7.86. The van der Waals surface area contributed by atoms with Crippen molar-refractivity contribution in [3.63, 3.8) is 0 Å². The summed E-state index contributed by atoms with van der Waals surface area (Å²) in [7, 11) is -0.399. The minimum atomic E-state index is -3.45. The predicted octanol–water partition coefficient (Wildman–Crippen LogP) is 1.07. The second-order valence-electron chi connectivity index (χ2n) is 7.93. The minimum absolute atomic E-state index is 0.0253. The molecular formula is C20H32N4O3S. The Kier molecular flexibility index (Phi) is 7.09. The molecule has 0 aliphatic carbocycles. The lowest BCUT2D eigenvalue weighted by molar-refractivity contribution is -0.126. The van der Waals surface area contributed by atoms with Gasteiger partial charge >= 0.3 is 0 Å². The first-order chi connectivity index (χ1) is 13.4. The SMILES string of the molecule is CN(C)S(=O)(=O)N1CCC[C@@H](C(=O)NCCCN2CCc3ccccc3C2)C1. The molecule has 8 heteroatoms. The van der Waals surface area contributed by atoms with Crippen LogP contribution < -0.4 is 5.32 Å². The molecule has 1 atom stereocenters. The third-order valence-corrected chi connectivity index (χ3v) is 7.61. The smallest absolute Gasteiger partial charge is 0.281 e. The predicted molar refractivity (Wildman–Crippen MR) is 110 cm³/mol. The number of fused-ring (bicyclic) bond motifs is 1. The maximum atomic E-state index is 12.5. The first-order valence-electron chi connectivity index (χ1n) is 10.1. The van der Waals surface area contributed by atoms with Crippen molar-refractivity contribution in [2.75, 3.05) is 46.8 Å². The van der Waals surface area contributed by atoms with Crippen LogP contribution in [0.1, 0.15) is 30.4 Å². The van der Waals surface area contributed by atoms with Crippen molar-refractivity contribution < 1.29 is 13.2 Å². The molecule has 1 fully saturated rings. The molecule has 0 spiro atoms. The van der Waals surface area contributed by atoms with E-state index in [0.29, 0.717) is 13.1 Å². The van der Waals surface area contributed by atoms with Crippen LogP contribution in [0.2, 0.25) is 0 Å². The molecule has 1 aromatic rings. The molecule has 0 radical (unpaired) electrons. The zero-order valence-corrected chi connectivity index (χ0v) is 17.7. The number of hydrogen-bond donors (Lipinski definition) is 1. The topological polar surface area (TPSA) is 73.0 Å². The maximum absolute atomic E-state index is 12.5. The van der Waals surface area contributed by atoms with E-state index < -0.39 is 10.2 Å². The molecule has 1 saturated heterocycles. The Balaban J connectivity index is 1.40. The highest BCUT2D eigenvalue weighted by atomic mass is 32.2. The minimum Gasteiger partial charge on any atom is -0.356 e. The van der Waals surface area contributed by atoms with Crippen LogP contribution in [-0.2, 0) is 28.0 Å². The quantitative estimate of drug-likeness (QED) is 0.685. The molecule has 7 nitrogen and oxygen atoms in total. The van der Waals surface area contributed by atoms with Crippen molar-refractivity contribution >= 4 is 16.1 Å². The fourth-order valence-corrected chi connectivity index (χ4v) is 5.19. The van der Waals surface area contributed by atoms with Gasteiger partial charge in [-0.05, 0) is 36.8 Å². The number of piperidine rings is 1. The van der Waals surface area contributed by atoms with Crippen LogP contribution >= 0.6 is 0 Å². The van der Waals surface area contributed by atoms with Crippen molar-refractivity contribution in [3.8, 4) is 0 Å². The summed E-state index contributed by atoms with van der Waals surface area (Å²) >= 11 is 0. The molecule has 1 N–H and O–H groups in total. The Morgan fingerprint density at radius 3 is 2.71 bits per heavy atom. The molecule has 28 heavy (non-hydrogen) atoms. The summed E-state index contributed by atoms with van der Waals surface area (Å²) in [6.07, 6.45) is 3.45. The standard InChI is InChI=1S/C20H32N4O3S/c1-22(2)28(26,27)24-13-5-9-19(16-24)20(25)21-11-6-12-23-14-10-17-7-3-4-8-18(17)15-23/h3-4,7-8,19H,5-6,9-16H2,1-2H3,(H,21,25)/t19-/m1/s1. The van der Waals surface area contributed by atoms with Gasteiger partial charge in [0, 0.05) is 53.4 Å². The van der Waals surface area contributed by atoms with Gasteiger partial charge in [0.25, 0.3) is 10.2 Å². The maximum Gasteiger partial charge on any atom is 0.281 e. The molecule has 0 unspecified atom stereocenters. The summed E-state index contributed by atoms with van der Waals surface area (Å²) < 4.78 is 27.2. The molecule has 156 valence electrons. The number of carbonyl (C=O) groups is 1. The van der Waals surface area contributed by atoms with Crippen LogP contribution in [0.15, 0.2) is 24.3 Å². The zero-order valence-electron chi connectivity index (χ0n) is 16.9. The van der Waals surface area contributed by atoms with Crippen molar-refractivity contribution in [2.45, 2.75) is 32.2 Å². The first-order valence-corrected chi connectivity index (χ1v) is 11.5. The van der Waals surface area contributed by atoms with Gasteiger partial charge in [0.1, 0.15) is 0 Å². The van der Waals surface area contributed by atoms with Crippen LogP contribution in [0.4, 0.5) is 0 Å². The third kappa shape index (κ3) is 5.11. The van der Waals surface area contributed by atoms with Gasteiger partial charge in [0.15, 0.2) is 0 Å². The fourth-order valence-electron chi connectivity index (χ4n) is 4.00. The highest BCUT2D eigenvalue weighted by Gasteiger charge is 2.33. The average Bonchev–Trinajstić information content (AvgIpc) is 2.71. The van der Waals surface area contributed by atoms with Crippen LogP contribution in [0.5, 0.6) is 0 Å². The molecule has 2 aliphatic rings. The number of nitrogens with one attached hydrogen (secondary N) is 1. The van der Waals surface area contributed by atoms with Crippen molar-refractivity contribution in [2.24, 2.45) is 5.92 Å². The lowest BCUT2D eigenvalue weighted by Gasteiger charge is -2.33. The Hall–Kier alpha value is -1.48. The van der Waals surface area contributed by atoms with E-state index in [1.807, 2.05) is 0 Å². The highest BCUT2D eigenvalue weighted by Crippen LogP contribution is 2.21. The van der Waals surface area contributed by atoms with E-state index in [4.69, 9.17) is 0 Å². The van der Waals surface area contributed by atoms with Crippen molar-refractivity contribution in [1.29, 1.82) is 0 Å².